The van der Waals surface area contributed by atoms with Gasteiger partial charge in [-0.3, -0.25) is 14.2 Å². The predicted molar refractivity (Wildman–Crippen MR) is 104 cm³/mol. The summed E-state index contributed by atoms with van der Waals surface area (Å²) in [6.07, 6.45) is 0.967. The molecule has 1 aromatic heterocycles. The molecular weight excluding hydrogens is 358 g/mol. The van der Waals surface area contributed by atoms with Crippen molar-refractivity contribution < 1.29 is 14.6 Å². The van der Waals surface area contributed by atoms with E-state index in [2.05, 4.69) is 10.3 Å². The Kier molecular flexibility index (Phi) is 5.08. The first-order valence-electron chi connectivity index (χ1n) is 9.28. The number of aryl methyl sites for hydroxylation is 1. The SMILES string of the molecule is O=C(COc1ccc2nc3n(c(=O)c2c1)CCC3)NC[C@H](O)c1ccccc1. The molecule has 0 saturated heterocycles. The Hall–Kier alpha value is -3.19. The molecular formula is C21H21N3O4. The summed E-state index contributed by atoms with van der Waals surface area (Å²) >= 11 is 0. The van der Waals surface area contributed by atoms with Crippen molar-refractivity contribution in [3.63, 3.8) is 0 Å². The average Bonchev–Trinajstić information content (AvgIpc) is 3.20. The van der Waals surface area contributed by atoms with Crippen LogP contribution in [0.25, 0.3) is 10.9 Å². The minimum Gasteiger partial charge on any atom is -0.484 e. The number of ether oxygens (including phenoxy) is 1. The fourth-order valence-electron chi connectivity index (χ4n) is 3.36. The van der Waals surface area contributed by atoms with Crippen LogP contribution in [-0.2, 0) is 17.8 Å². The molecule has 2 heterocycles. The Bertz CT molecular complexity index is 1060. The van der Waals surface area contributed by atoms with Gasteiger partial charge >= 0.3 is 0 Å². The van der Waals surface area contributed by atoms with Crippen molar-refractivity contribution in [2.24, 2.45) is 0 Å². The summed E-state index contributed by atoms with van der Waals surface area (Å²) in [5.74, 6) is 0.908. The lowest BCUT2D eigenvalue weighted by molar-refractivity contribution is -0.123. The maximum Gasteiger partial charge on any atom is 0.261 e. The van der Waals surface area contributed by atoms with E-state index < -0.39 is 6.10 Å². The van der Waals surface area contributed by atoms with Crippen LogP contribution in [0.3, 0.4) is 0 Å². The van der Waals surface area contributed by atoms with Gasteiger partial charge < -0.3 is 15.2 Å². The Labute approximate surface area is 161 Å². The highest BCUT2D eigenvalue weighted by Crippen LogP contribution is 2.19. The van der Waals surface area contributed by atoms with E-state index in [-0.39, 0.29) is 24.6 Å². The summed E-state index contributed by atoms with van der Waals surface area (Å²) in [6.45, 7) is 0.586. The minimum atomic E-state index is -0.779. The molecule has 1 aliphatic rings. The number of benzene rings is 2. The third kappa shape index (κ3) is 3.75. The van der Waals surface area contributed by atoms with Crippen LogP contribution in [0.15, 0.2) is 53.3 Å². The number of rotatable bonds is 6. The van der Waals surface area contributed by atoms with Gasteiger partial charge in [-0.1, -0.05) is 30.3 Å². The number of hydrogen-bond donors (Lipinski definition) is 2. The monoisotopic (exact) mass is 379 g/mol. The highest BCUT2D eigenvalue weighted by atomic mass is 16.5. The van der Waals surface area contributed by atoms with E-state index in [0.29, 0.717) is 23.2 Å². The zero-order valence-electron chi connectivity index (χ0n) is 15.3. The Balaban J connectivity index is 1.37. The normalized spacial score (nSPS) is 13.9. The van der Waals surface area contributed by atoms with Crippen molar-refractivity contribution in [3.05, 3.63) is 70.3 Å². The van der Waals surface area contributed by atoms with Crippen molar-refractivity contribution in [2.75, 3.05) is 13.2 Å². The first-order valence-corrected chi connectivity index (χ1v) is 9.28. The summed E-state index contributed by atoms with van der Waals surface area (Å²) in [7, 11) is 0. The van der Waals surface area contributed by atoms with Gasteiger partial charge in [0.05, 0.1) is 17.0 Å². The summed E-state index contributed by atoms with van der Waals surface area (Å²) < 4.78 is 7.22. The van der Waals surface area contributed by atoms with Crippen molar-refractivity contribution >= 4 is 16.8 Å². The third-order valence-electron chi connectivity index (χ3n) is 4.83. The first-order chi connectivity index (χ1) is 13.6. The smallest absolute Gasteiger partial charge is 0.261 e. The molecule has 3 aromatic rings. The molecule has 0 radical (unpaired) electrons. The Morgan fingerprint density at radius 2 is 2.07 bits per heavy atom. The fraction of sp³-hybridized carbons (Fsp3) is 0.286. The standard InChI is InChI=1S/C21H21N3O4/c25-18(14-5-2-1-3-6-14)12-22-20(26)13-28-15-8-9-17-16(11-15)21(27)24-10-4-7-19(24)23-17/h1-3,5-6,8-9,11,18,25H,4,7,10,12-13H2,(H,22,26)/t18-/m0/s1. The molecule has 0 bridgehead atoms. The molecule has 144 valence electrons. The molecule has 0 aliphatic carbocycles. The van der Waals surface area contributed by atoms with Gasteiger partial charge in [0.15, 0.2) is 6.61 Å². The molecule has 0 fully saturated rings. The number of nitrogens with zero attached hydrogens (tertiary/aromatic N) is 2. The van der Waals surface area contributed by atoms with Gasteiger partial charge in [-0.05, 0) is 30.2 Å². The lowest BCUT2D eigenvalue weighted by Gasteiger charge is -2.13. The lowest BCUT2D eigenvalue weighted by atomic mass is 10.1. The van der Waals surface area contributed by atoms with Crippen molar-refractivity contribution in [1.82, 2.24) is 14.9 Å². The summed E-state index contributed by atoms with van der Waals surface area (Å²) in [5, 5.41) is 13.2. The number of carbonyl (C=O) groups excluding carboxylic acids is 1. The second-order valence-electron chi connectivity index (χ2n) is 6.79. The zero-order chi connectivity index (χ0) is 19.5. The molecule has 7 heteroatoms. The van der Waals surface area contributed by atoms with E-state index in [4.69, 9.17) is 4.74 Å². The van der Waals surface area contributed by atoms with Crippen LogP contribution >= 0.6 is 0 Å². The van der Waals surface area contributed by atoms with Gasteiger partial charge in [0.1, 0.15) is 11.6 Å². The number of fused-ring (bicyclic) bond motifs is 2. The molecule has 1 aliphatic heterocycles. The van der Waals surface area contributed by atoms with E-state index in [1.54, 1.807) is 34.9 Å². The zero-order valence-corrected chi connectivity index (χ0v) is 15.3. The van der Waals surface area contributed by atoms with Crippen LogP contribution in [0, 0.1) is 0 Å². The van der Waals surface area contributed by atoms with Gasteiger partial charge in [0, 0.05) is 19.5 Å². The van der Waals surface area contributed by atoms with E-state index in [0.717, 1.165) is 24.2 Å². The molecule has 0 spiro atoms. The minimum absolute atomic E-state index is 0.0709. The number of amides is 1. The van der Waals surface area contributed by atoms with Crippen LogP contribution in [0.2, 0.25) is 0 Å². The summed E-state index contributed by atoms with van der Waals surface area (Å²) in [6, 6.07) is 14.2. The van der Waals surface area contributed by atoms with Crippen molar-refractivity contribution in [1.29, 1.82) is 0 Å². The van der Waals surface area contributed by atoms with E-state index in [1.807, 2.05) is 18.2 Å². The number of aromatic nitrogens is 2. The van der Waals surface area contributed by atoms with Crippen LogP contribution in [0.5, 0.6) is 5.75 Å². The number of nitrogens with one attached hydrogen (secondary N) is 1. The molecule has 28 heavy (non-hydrogen) atoms. The van der Waals surface area contributed by atoms with Gasteiger partial charge in [0.25, 0.3) is 11.5 Å². The third-order valence-corrected chi connectivity index (χ3v) is 4.83. The highest BCUT2D eigenvalue weighted by molar-refractivity contribution is 5.80. The lowest BCUT2D eigenvalue weighted by Crippen LogP contribution is -2.32. The highest BCUT2D eigenvalue weighted by Gasteiger charge is 2.16. The predicted octanol–water partition coefficient (Wildman–Crippen LogP) is 1.57. The molecule has 0 saturated carbocycles. The molecule has 0 unspecified atom stereocenters. The molecule has 1 atom stereocenters. The second kappa shape index (κ2) is 7.82. The van der Waals surface area contributed by atoms with E-state index in [9.17, 15) is 14.7 Å². The first kappa shape index (κ1) is 18.2. The second-order valence-corrected chi connectivity index (χ2v) is 6.79. The summed E-state index contributed by atoms with van der Waals surface area (Å²) in [5.41, 5.74) is 1.30. The Morgan fingerprint density at radius 1 is 1.25 bits per heavy atom. The molecule has 2 N–H and O–H groups in total. The van der Waals surface area contributed by atoms with E-state index in [1.165, 1.54) is 0 Å². The quantitative estimate of drug-likeness (QED) is 0.678. The topological polar surface area (TPSA) is 93.5 Å². The summed E-state index contributed by atoms with van der Waals surface area (Å²) in [4.78, 5) is 29.1. The van der Waals surface area contributed by atoms with E-state index >= 15 is 0 Å². The molecule has 7 nitrogen and oxygen atoms in total. The number of aliphatic hydroxyl groups is 1. The van der Waals surface area contributed by atoms with Crippen LogP contribution in [0.4, 0.5) is 0 Å². The maximum atomic E-state index is 12.6. The number of hydrogen-bond acceptors (Lipinski definition) is 5. The fourth-order valence-corrected chi connectivity index (χ4v) is 3.36. The van der Waals surface area contributed by atoms with Crippen molar-refractivity contribution in [2.45, 2.75) is 25.5 Å². The number of aliphatic hydroxyl groups excluding tert-OH is 1. The van der Waals surface area contributed by atoms with Gasteiger partial charge in [0.2, 0.25) is 0 Å². The molecule has 4 rings (SSSR count). The van der Waals surface area contributed by atoms with Gasteiger partial charge in [-0.25, -0.2) is 4.98 Å². The Morgan fingerprint density at radius 3 is 2.89 bits per heavy atom. The molecule has 2 aromatic carbocycles. The largest absolute Gasteiger partial charge is 0.484 e. The number of carbonyl (C=O) groups is 1. The van der Waals surface area contributed by atoms with Crippen LogP contribution < -0.4 is 15.6 Å². The van der Waals surface area contributed by atoms with Crippen molar-refractivity contribution in [3.8, 4) is 5.75 Å². The maximum absolute atomic E-state index is 12.6. The van der Waals surface area contributed by atoms with Crippen LogP contribution in [-0.4, -0.2) is 33.7 Å². The van der Waals surface area contributed by atoms with Gasteiger partial charge in [-0.15, -0.1) is 0 Å². The molecule has 1 amide bonds. The van der Waals surface area contributed by atoms with Gasteiger partial charge in [-0.2, -0.15) is 0 Å². The van der Waals surface area contributed by atoms with Crippen LogP contribution in [0.1, 0.15) is 23.9 Å². The average molecular weight is 379 g/mol.